The van der Waals surface area contributed by atoms with Gasteiger partial charge in [-0.05, 0) is 56.4 Å². The average Bonchev–Trinajstić information content (AvgIpc) is 3.43. The van der Waals surface area contributed by atoms with Crippen LogP contribution in [0.25, 0.3) is 0 Å². The summed E-state index contributed by atoms with van der Waals surface area (Å²) < 4.78 is 6.23. The number of benzene rings is 1. The van der Waals surface area contributed by atoms with Crippen molar-refractivity contribution in [1.82, 2.24) is 4.90 Å². The molecule has 3 saturated heterocycles. The molecule has 0 saturated carbocycles. The number of hydrogen-bond acceptors (Lipinski definition) is 5. The number of fused-ring (bicyclic) bond motifs is 1. The number of rotatable bonds is 10. The predicted molar refractivity (Wildman–Crippen MR) is 122 cm³/mol. The molecule has 33 heavy (non-hydrogen) atoms. The fraction of sp³-hybridized carbons (Fsp3) is 0.542. The Labute approximate surface area is 197 Å². The summed E-state index contributed by atoms with van der Waals surface area (Å²) in [5, 5.41) is 19.5. The van der Waals surface area contributed by atoms with Crippen LogP contribution in [0.3, 0.4) is 0 Å². The van der Waals surface area contributed by atoms with Gasteiger partial charge >= 0.3 is 5.97 Å². The van der Waals surface area contributed by atoms with Crippen LogP contribution >= 0.6 is 11.6 Å². The number of carboxylic acid groups (broad SMARTS) is 1. The molecule has 1 aromatic rings. The monoisotopic (exact) mass is 476 g/mol. The van der Waals surface area contributed by atoms with Crippen LogP contribution in [-0.4, -0.2) is 70.3 Å². The van der Waals surface area contributed by atoms with Crippen molar-refractivity contribution in [3.05, 3.63) is 41.9 Å². The van der Waals surface area contributed by atoms with E-state index >= 15 is 0 Å². The zero-order valence-corrected chi connectivity index (χ0v) is 19.1. The fourth-order valence-corrected chi connectivity index (χ4v) is 5.87. The number of carbonyl (C=O) groups excluding carboxylic acids is 2. The molecular formula is C24H29ClN2O6. The Hall–Kier alpha value is -2.42. The highest BCUT2D eigenvalue weighted by atomic mass is 35.5. The van der Waals surface area contributed by atoms with Crippen LogP contribution in [0, 0.1) is 11.8 Å². The van der Waals surface area contributed by atoms with E-state index in [4.69, 9.17) is 21.4 Å². The maximum Gasteiger partial charge on any atom is 0.310 e. The smallest absolute Gasteiger partial charge is 0.310 e. The number of ether oxygens (including phenoxy) is 1. The average molecular weight is 477 g/mol. The van der Waals surface area contributed by atoms with E-state index in [9.17, 15) is 19.5 Å². The number of unbranched alkanes of at least 4 members (excludes halogenated alkanes) is 2. The highest BCUT2D eigenvalue weighted by molar-refractivity contribution is 6.30. The lowest BCUT2D eigenvalue weighted by Gasteiger charge is -2.36. The van der Waals surface area contributed by atoms with Crippen LogP contribution in [0.1, 0.15) is 32.1 Å². The third-order valence-electron chi connectivity index (χ3n) is 7.09. The number of hydrogen-bond donors (Lipinski definition) is 2. The third-order valence-corrected chi connectivity index (χ3v) is 7.34. The molecule has 3 aliphatic rings. The number of carboxylic acids is 1. The molecular weight excluding hydrogens is 448 g/mol. The maximum atomic E-state index is 14.1. The third kappa shape index (κ3) is 3.94. The Morgan fingerprint density at radius 2 is 2.00 bits per heavy atom. The van der Waals surface area contributed by atoms with E-state index < -0.39 is 35.6 Å². The summed E-state index contributed by atoms with van der Waals surface area (Å²) in [6.45, 7) is 4.35. The molecule has 0 radical (unpaired) electrons. The normalized spacial score (nSPS) is 29.9. The quantitative estimate of drug-likeness (QED) is 0.397. The second-order valence-corrected chi connectivity index (χ2v) is 9.36. The number of carbonyl (C=O) groups is 3. The number of amides is 2. The summed E-state index contributed by atoms with van der Waals surface area (Å²) in [7, 11) is 0. The molecule has 9 heteroatoms. The Kier molecular flexibility index (Phi) is 6.79. The van der Waals surface area contributed by atoms with Gasteiger partial charge in [0.1, 0.15) is 11.6 Å². The van der Waals surface area contributed by atoms with Crippen molar-refractivity contribution < 1.29 is 29.3 Å². The van der Waals surface area contributed by atoms with Crippen molar-refractivity contribution in [3.8, 4) is 0 Å². The first kappa shape index (κ1) is 23.7. The molecule has 5 atom stereocenters. The van der Waals surface area contributed by atoms with Crippen LogP contribution in [0.15, 0.2) is 36.9 Å². The summed E-state index contributed by atoms with van der Waals surface area (Å²) in [5.74, 6) is -3.54. The standard InChI is InChI=1S/C24H29ClN2O6/c1-2-12-26(16-8-6-15(25)7-9-16)22(30)20-24-11-10-17(33-24)18(23(31)32)19(24)21(29)27(20)13-4-3-5-14-28/h2,6-9,17-20,28H,1,3-5,10-14H2,(H,31,32)/t17-,18+,19+,20-,24+/m0/s1. The molecule has 2 amide bonds. The summed E-state index contributed by atoms with van der Waals surface area (Å²) in [4.78, 5) is 42.7. The van der Waals surface area contributed by atoms with Gasteiger partial charge in [0.2, 0.25) is 5.91 Å². The Morgan fingerprint density at radius 3 is 2.64 bits per heavy atom. The van der Waals surface area contributed by atoms with Crippen molar-refractivity contribution in [3.63, 3.8) is 0 Å². The lowest BCUT2D eigenvalue weighted by atomic mass is 9.70. The Balaban J connectivity index is 1.72. The number of likely N-dealkylation sites (tertiary alicyclic amines) is 1. The second kappa shape index (κ2) is 9.44. The van der Waals surface area contributed by atoms with Gasteiger partial charge in [-0.15, -0.1) is 6.58 Å². The summed E-state index contributed by atoms with van der Waals surface area (Å²) >= 11 is 6.02. The zero-order valence-electron chi connectivity index (χ0n) is 18.4. The number of anilines is 1. The lowest BCUT2D eigenvalue weighted by molar-refractivity contribution is -0.149. The van der Waals surface area contributed by atoms with Gasteiger partial charge in [0, 0.05) is 30.4 Å². The van der Waals surface area contributed by atoms with Gasteiger partial charge in [-0.2, -0.15) is 0 Å². The minimum absolute atomic E-state index is 0.0540. The van der Waals surface area contributed by atoms with Gasteiger partial charge in [-0.1, -0.05) is 17.7 Å². The molecule has 1 aromatic carbocycles. The first-order valence-corrected chi connectivity index (χ1v) is 11.7. The lowest BCUT2D eigenvalue weighted by Crippen LogP contribution is -2.56. The minimum Gasteiger partial charge on any atom is -0.481 e. The van der Waals surface area contributed by atoms with Crippen molar-refractivity contribution in [2.24, 2.45) is 11.8 Å². The highest BCUT2D eigenvalue weighted by Gasteiger charge is 2.74. The second-order valence-electron chi connectivity index (χ2n) is 8.92. The molecule has 8 nitrogen and oxygen atoms in total. The molecule has 1 spiro atoms. The number of halogens is 1. The van der Waals surface area contributed by atoms with Crippen molar-refractivity contribution >= 4 is 35.1 Å². The molecule has 4 rings (SSSR count). The first-order valence-electron chi connectivity index (χ1n) is 11.4. The van der Waals surface area contributed by atoms with Gasteiger partial charge < -0.3 is 24.7 Å². The summed E-state index contributed by atoms with van der Waals surface area (Å²) in [6.07, 6.45) is 3.90. The van der Waals surface area contributed by atoms with Gasteiger partial charge in [0.25, 0.3) is 5.91 Å². The van der Waals surface area contributed by atoms with Gasteiger partial charge in [-0.25, -0.2) is 0 Å². The van der Waals surface area contributed by atoms with Crippen molar-refractivity contribution in [2.75, 3.05) is 24.6 Å². The zero-order chi connectivity index (χ0) is 23.8. The van der Waals surface area contributed by atoms with Crippen molar-refractivity contribution in [2.45, 2.75) is 49.9 Å². The molecule has 178 valence electrons. The van der Waals surface area contributed by atoms with Gasteiger partial charge in [0.15, 0.2) is 0 Å². The van der Waals surface area contributed by atoms with E-state index in [0.717, 1.165) is 0 Å². The predicted octanol–water partition coefficient (Wildman–Crippen LogP) is 2.48. The summed E-state index contributed by atoms with van der Waals surface area (Å²) in [6, 6.07) is 5.91. The van der Waals surface area contributed by atoms with Crippen LogP contribution in [0.5, 0.6) is 0 Å². The minimum atomic E-state index is -1.15. The first-order chi connectivity index (χ1) is 15.9. The molecule has 2 bridgehead atoms. The van der Waals surface area contributed by atoms with E-state index in [2.05, 4.69) is 6.58 Å². The highest BCUT2D eigenvalue weighted by Crippen LogP contribution is 2.58. The number of aliphatic hydroxyl groups excluding tert-OH is 1. The van der Waals surface area contributed by atoms with E-state index in [1.54, 1.807) is 35.2 Å². The molecule has 3 aliphatic heterocycles. The molecule has 0 aliphatic carbocycles. The van der Waals surface area contributed by atoms with Crippen LogP contribution < -0.4 is 4.90 Å². The number of aliphatic carboxylic acids is 1. The number of aliphatic hydroxyl groups is 1. The molecule has 3 heterocycles. The van der Waals surface area contributed by atoms with Crippen LogP contribution in [0.2, 0.25) is 5.02 Å². The largest absolute Gasteiger partial charge is 0.481 e. The van der Waals surface area contributed by atoms with E-state index in [1.807, 2.05) is 0 Å². The van der Waals surface area contributed by atoms with Crippen LogP contribution in [-0.2, 0) is 19.1 Å². The number of nitrogens with zero attached hydrogens (tertiary/aromatic N) is 2. The van der Waals surface area contributed by atoms with Gasteiger partial charge in [-0.3, -0.25) is 14.4 Å². The topological polar surface area (TPSA) is 107 Å². The van der Waals surface area contributed by atoms with E-state index in [-0.39, 0.29) is 25.0 Å². The fourth-order valence-electron chi connectivity index (χ4n) is 5.75. The van der Waals surface area contributed by atoms with E-state index in [0.29, 0.717) is 49.4 Å². The molecule has 3 fully saturated rings. The Bertz CT molecular complexity index is 937. The maximum absolute atomic E-state index is 14.1. The molecule has 0 aromatic heterocycles. The summed E-state index contributed by atoms with van der Waals surface area (Å²) in [5.41, 5.74) is -0.538. The Morgan fingerprint density at radius 1 is 1.27 bits per heavy atom. The molecule has 2 N–H and O–H groups in total. The van der Waals surface area contributed by atoms with Crippen molar-refractivity contribution in [1.29, 1.82) is 0 Å². The van der Waals surface area contributed by atoms with E-state index in [1.165, 1.54) is 4.90 Å². The van der Waals surface area contributed by atoms with Crippen LogP contribution in [0.4, 0.5) is 5.69 Å². The SMILES string of the molecule is C=CCN(C(=O)[C@@H]1N(CCCCCO)C(=O)[C@H]2[C@H](C(=O)O)[C@@H]3CC[C@]12O3)c1ccc(Cl)cc1. The van der Waals surface area contributed by atoms with Gasteiger partial charge in [0.05, 0.1) is 17.9 Å². The molecule has 0 unspecified atom stereocenters.